The fraction of sp³-hybridized carbons (Fsp3) is 0.480. The molecule has 1 saturated carbocycles. The van der Waals surface area contributed by atoms with Crippen molar-refractivity contribution in [2.45, 2.75) is 57.5 Å². The molecule has 2 fully saturated rings. The average Bonchev–Trinajstić information content (AvgIpc) is 2.84. The highest BCUT2D eigenvalue weighted by atomic mass is 15.2. The van der Waals surface area contributed by atoms with E-state index in [4.69, 9.17) is 4.98 Å². The lowest BCUT2D eigenvalue weighted by Gasteiger charge is -2.35. The highest BCUT2D eigenvalue weighted by Gasteiger charge is 2.22. The van der Waals surface area contributed by atoms with E-state index in [2.05, 4.69) is 56.7 Å². The van der Waals surface area contributed by atoms with Crippen LogP contribution in [0.3, 0.4) is 0 Å². The summed E-state index contributed by atoms with van der Waals surface area (Å²) < 4.78 is 0. The van der Waals surface area contributed by atoms with Crippen LogP contribution in [0, 0.1) is 0 Å². The fourth-order valence-electron chi connectivity index (χ4n) is 4.88. The molecule has 162 valence electrons. The monoisotopic (exact) mass is 416 g/mol. The first-order valence-electron chi connectivity index (χ1n) is 11.8. The molecule has 5 rings (SSSR count). The van der Waals surface area contributed by atoms with Gasteiger partial charge in [-0.2, -0.15) is 0 Å². The van der Waals surface area contributed by atoms with Gasteiger partial charge in [-0.05, 0) is 43.5 Å². The van der Waals surface area contributed by atoms with Crippen LogP contribution in [0.4, 0.5) is 11.6 Å². The van der Waals surface area contributed by atoms with Gasteiger partial charge in [0, 0.05) is 66.6 Å². The molecule has 1 saturated heterocycles. The zero-order valence-electron chi connectivity index (χ0n) is 18.3. The number of nitrogens with one attached hydrogen (secondary N) is 2. The topological polar surface area (TPSA) is 66.0 Å². The summed E-state index contributed by atoms with van der Waals surface area (Å²) in [6, 6.07) is 9.50. The molecule has 0 amide bonds. The lowest BCUT2D eigenvalue weighted by Crippen LogP contribution is -2.50. The SMILES string of the molecule is CCC1CN(c2nc(-c3ccnc(NC4CCCCC4)c3)cc3cnccc23)CCN1. The van der Waals surface area contributed by atoms with E-state index in [1.54, 1.807) is 0 Å². The quantitative estimate of drug-likeness (QED) is 0.632. The van der Waals surface area contributed by atoms with Crippen molar-refractivity contribution in [3.8, 4) is 11.3 Å². The zero-order chi connectivity index (χ0) is 21.0. The van der Waals surface area contributed by atoms with E-state index in [0.717, 1.165) is 54.3 Å². The molecule has 3 aromatic rings. The van der Waals surface area contributed by atoms with Crippen molar-refractivity contribution < 1.29 is 0 Å². The van der Waals surface area contributed by atoms with Crippen molar-refractivity contribution in [1.82, 2.24) is 20.3 Å². The van der Waals surface area contributed by atoms with Crippen molar-refractivity contribution in [3.63, 3.8) is 0 Å². The number of aromatic nitrogens is 3. The van der Waals surface area contributed by atoms with Gasteiger partial charge in [0.25, 0.3) is 0 Å². The van der Waals surface area contributed by atoms with Gasteiger partial charge in [0.2, 0.25) is 0 Å². The molecule has 1 unspecified atom stereocenters. The van der Waals surface area contributed by atoms with E-state index in [-0.39, 0.29) is 0 Å². The van der Waals surface area contributed by atoms with Crippen molar-refractivity contribution in [2.75, 3.05) is 29.9 Å². The second-order valence-corrected chi connectivity index (χ2v) is 8.84. The lowest BCUT2D eigenvalue weighted by molar-refractivity contribution is 0.446. The number of hydrogen-bond acceptors (Lipinski definition) is 6. The standard InChI is InChI=1S/C25H32N6/c1-2-20-17-31(13-12-27-20)25-22-9-10-26-16-19(22)14-23(30-25)18-8-11-28-24(15-18)29-21-6-4-3-5-7-21/h8-11,14-16,20-21,27H,2-7,12-13,17H2,1H3,(H,28,29). The Bertz CT molecular complexity index is 1030. The first-order chi connectivity index (χ1) is 15.3. The summed E-state index contributed by atoms with van der Waals surface area (Å²) in [6.45, 7) is 5.18. The predicted molar refractivity (Wildman–Crippen MR) is 128 cm³/mol. The molecule has 1 atom stereocenters. The summed E-state index contributed by atoms with van der Waals surface area (Å²) in [4.78, 5) is 16.6. The van der Waals surface area contributed by atoms with Crippen molar-refractivity contribution in [3.05, 3.63) is 42.9 Å². The number of fused-ring (bicyclic) bond motifs is 1. The molecule has 1 aliphatic heterocycles. The van der Waals surface area contributed by atoms with Crippen LogP contribution in [0.15, 0.2) is 42.9 Å². The third-order valence-corrected chi connectivity index (χ3v) is 6.67. The molecule has 6 heteroatoms. The summed E-state index contributed by atoms with van der Waals surface area (Å²) in [7, 11) is 0. The van der Waals surface area contributed by atoms with Gasteiger partial charge in [0.15, 0.2) is 0 Å². The normalized spacial score (nSPS) is 20.2. The molecule has 0 spiro atoms. The summed E-state index contributed by atoms with van der Waals surface area (Å²) in [6.07, 6.45) is 13.3. The van der Waals surface area contributed by atoms with Gasteiger partial charge >= 0.3 is 0 Å². The molecule has 0 radical (unpaired) electrons. The second kappa shape index (κ2) is 9.18. The predicted octanol–water partition coefficient (Wildman–Crippen LogP) is 4.62. The Balaban J connectivity index is 1.49. The third-order valence-electron chi connectivity index (χ3n) is 6.67. The molecule has 2 N–H and O–H groups in total. The van der Waals surface area contributed by atoms with E-state index in [9.17, 15) is 0 Å². The summed E-state index contributed by atoms with van der Waals surface area (Å²) in [5.41, 5.74) is 2.08. The number of pyridine rings is 3. The van der Waals surface area contributed by atoms with Crippen molar-refractivity contribution >= 4 is 22.4 Å². The average molecular weight is 417 g/mol. The first-order valence-corrected chi connectivity index (χ1v) is 11.8. The number of rotatable bonds is 5. The fourth-order valence-corrected chi connectivity index (χ4v) is 4.88. The van der Waals surface area contributed by atoms with Gasteiger partial charge in [-0.25, -0.2) is 9.97 Å². The minimum Gasteiger partial charge on any atom is -0.367 e. The van der Waals surface area contributed by atoms with E-state index in [1.807, 2.05) is 18.6 Å². The van der Waals surface area contributed by atoms with Gasteiger partial charge in [-0.1, -0.05) is 26.2 Å². The number of nitrogens with zero attached hydrogens (tertiary/aromatic N) is 4. The third kappa shape index (κ3) is 4.49. The highest BCUT2D eigenvalue weighted by molar-refractivity contribution is 5.94. The minimum absolute atomic E-state index is 0.503. The second-order valence-electron chi connectivity index (χ2n) is 8.84. The van der Waals surface area contributed by atoms with E-state index in [0.29, 0.717) is 12.1 Å². The Hall–Kier alpha value is -2.73. The molecule has 3 aromatic heterocycles. The largest absolute Gasteiger partial charge is 0.367 e. The smallest absolute Gasteiger partial charge is 0.137 e. The molecule has 4 heterocycles. The van der Waals surface area contributed by atoms with Gasteiger partial charge < -0.3 is 15.5 Å². The Morgan fingerprint density at radius 2 is 2.03 bits per heavy atom. The summed E-state index contributed by atoms with van der Waals surface area (Å²) in [5, 5.41) is 9.56. The van der Waals surface area contributed by atoms with Gasteiger partial charge in [0.1, 0.15) is 11.6 Å². The zero-order valence-corrected chi connectivity index (χ0v) is 18.3. The van der Waals surface area contributed by atoms with Crippen LogP contribution in [-0.2, 0) is 0 Å². The van der Waals surface area contributed by atoms with Crippen LogP contribution >= 0.6 is 0 Å². The maximum absolute atomic E-state index is 5.17. The number of hydrogen-bond donors (Lipinski definition) is 2. The van der Waals surface area contributed by atoms with E-state index in [1.165, 1.54) is 37.5 Å². The van der Waals surface area contributed by atoms with Crippen molar-refractivity contribution in [2.24, 2.45) is 0 Å². The minimum atomic E-state index is 0.503. The maximum Gasteiger partial charge on any atom is 0.137 e. The van der Waals surface area contributed by atoms with Crippen LogP contribution in [0.25, 0.3) is 22.0 Å². The molecular weight excluding hydrogens is 384 g/mol. The van der Waals surface area contributed by atoms with Gasteiger partial charge in [-0.3, -0.25) is 4.98 Å². The van der Waals surface area contributed by atoms with E-state index < -0.39 is 0 Å². The first kappa shape index (κ1) is 20.2. The van der Waals surface area contributed by atoms with E-state index >= 15 is 0 Å². The molecule has 31 heavy (non-hydrogen) atoms. The molecule has 0 aromatic carbocycles. The molecule has 1 aliphatic carbocycles. The summed E-state index contributed by atoms with van der Waals surface area (Å²) >= 11 is 0. The molecule has 0 bridgehead atoms. The Morgan fingerprint density at radius 1 is 1.13 bits per heavy atom. The van der Waals surface area contributed by atoms with Crippen LogP contribution in [-0.4, -0.2) is 46.7 Å². The van der Waals surface area contributed by atoms with Crippen LogP contribution in [0.2, 0.25) is 0 Å². The Morgan fingerprint density at radius 3 is 2.90 bits per heavy atom. The lowest BCUT2D eigenvalue weighted by atomic mass is 9.95. The van der Waals surface area contributed by atoms with Gasteiger partial charge in [0.05, 0.1) is 5.69 Å². The maximum atomic E-state index is 5.17. The summed E-state index contributed by atoms with van der Waals surface area (Å²) in [5.74, 6) is 2.01. The van der Waals surface area contributed by atoms with Crippen LogP contribution in [0.5, 0.6) is 0 Å². The van der Waals surface area contributed by atoms with Crippen molar-refractivity contribution in [1.29, 1.82) is 0 Å². The molecule has 2 aliphatic rings. The Labute approximate surface area is 184 Å². The molecular formula is C25H32N6. The number of piperazine rings is 1. The van der Waals surface area contributed by atoms with Crippen LogP contribution in [0.1, 0.15) is 45.4 Å². The number of anilines is 2. The van der Waals surface area contributed by atoms with Crippen LogP contribution < -0.4 is 15.5 Å². The Kier molecular flexibility index (Phi) is 5.98. The van der Waals surface area contributed by atoms with Gasteiger partial charge in [-0.15, -0.1) is 0 Å². The highest BCUT2D eigenvalue weighted by Crippen LogP contribution is 2.31. The molecule has 6 nitrogen and oxygen atoms in total.